The molecule has 1 aliphatic carbocycles. The number of carbonyl (C=O) groups is 1. The lowest BCUT2D eigenvalue weighted by Gasteiger charge is -2.30. The number of carbonyl (C=O) groups excluding carboxylic acids is 1. The molecule has 6 nitrogen and oxygen atoms in total. The van der Waals surface area contributed by atoms with Crippen LogP contribution in [0.4, 0.5) is 18.9 Å². The van der Waals surface area contributed by atoms with Crippen LogP contribution in [0.3, 0.4) is 0 Å². The summed E-state index contributed by atoms with van der Waals surface area (Å²) < 4.78 is 41.4. The van der Waals surface area contributed by atoms with Crippen LogP contribution in [0, 0.1) is 11.3 Å². The molecule has 2 heterocycles. The summed E-state index contributed by atoms with van der Waals surface area (Å²) in [6.07, 6.45) is 1.75. The number of hydrogen-bond donors (Lipinski definition) is 2. The Morgan fingerprint density at radius 2 is 1.88 bits per heavy atom. The number of nitrogens with zero attached hydrogens (tertiary/aromatic N) is 3. The fraction of sp³-hybridized carbons (Fsp3) is 0.348. The molecule has 1 aromatic carbocycles. The van der Waals surface area contributed by atoms with Crippen LogP contribution < -0.4 is 10.6 Å². The molecule has 166 valence electrons. The summed E-state index contributed by atoms with van der Waals surface area (Å²) in [5, 5.41) is 15.9. The number of benzene rings is 1. The third-order valence-electron chi connectivity index (χ3n) is 5.89. The van der Waals surface area contributed by atoms with Gasteiger partial charge >= 0.3 is 6.18 Å². The predicted molar refractivity (Wildman–Crippen MR) is 114 cm³/mol. The molecule has 4 rings (SSSR count). The Hall–Kier alpha value is -3.54. The van der Waals surface area contributed by atoms with E-state index in [4.69, 9.17) is 5.26 Å². The van der Waals surface area contributed by atoms with Gasteiger partial charge in [-0.3, -0.25) is 4.79 Å². The number of aryl methyl sites for hydroxylation is 1. The molecule has 0 saturated heterocycles. The number of nitrogens with one attached hydrogen (secondary N) is 2. The van der Waals surface area contributed by atoms with E-state index < -0.39 is 17.3 Å². The van der Waals surface area contributed by atoms with Crippen molar-refractivity contribution in [2.24, 2.45) is 7.05 Å². The second-order valence-corrected chi connectivity index (χ2v) is 8.06. The summed E-state index contributed by atoms with van der Waals surface area (Å²) in [4.78, 5) is 17.1. The Bertz CT molecular complexity index is 1190. The third-order valence-corrected chi connectivity index (χ3v) is 5.89. The summed E-state index contributed by atoms with van der Waals surface area (Å²) in [5.74, 6) is -0.151. The molecule has 1 fully saturated rings. The number of hydrogen-bond acceptors (Lipinski definition) is 4. The third kappa shape index (κ3) is 4.40. The average Bonchev–Trinajstić information content (AvgIpc) is 3.15. The van der Waals surface area contributed by atoms with Gasteiger partial charge in [-0.2, -0.15) is 18.4 Å². The molecule has 32 heavy (non-hydrogen) atoms. The Morgan fingerprint density at radius 3 is 2.56 bits per heavy atom. The first-order valence-corrected chi connectivity index (χ1v) is 10.3. The van der Waals surface area contributed by atoms with Crippen molar-refractivity contribution in [3.8, 4) is 6.07 Å². The first-order chi connectivity index (χ1) is 15.3. The molecule has 2 aromatic heterocycles. The lowest BCUT2D eigenvalue weighted by Crippen LogP contribution is -2.40. The highest BCUT2D eigenvalue weighted by atomic mass is 19.4. The first-order valence-electron chi connectivity index (χ1n) is 10.3. The van der Waals surface area contributed by atoms with E-state index in [1.807, 2.05) is 23.9 Å². The molecular weight excluding hydrogens is 419 g/mol. The molecule has 9 heteroatoms. The molecule has 1 aliphatic rings. The molecule has 0 aliphatic heterocycles. The second-order valence-electron chi connectivity index (χ2n) is 8.06. The maximum atomic E-state index is 13.2. The van der Waals surface area contributed by atoms with E-state index in [0.29, 0.717) is 24.1 Å². The standard InChI is InChI=1S/C23H22F3N5O/c1-31-11-9-18-19(8-10-28-21(18)31)22(32)30-16-6-4-15(5-7-16)29-17-3-2-14(13-27)20(12-17)23(24,25)26/h2-3,8-12,15-16,29H,4-7H2,1H3,(H,30,32)/t15-,16+. The minimum absolute atomic E-state index is 0.000761. The van der Waals surface area contributed by atoms with Gasteiger partial charge in [0.05, 0.1) is 22.8 Å². The smallest absolute Gasteiger partial charge is 0.382 e. The van der Waals surface area contributed by atoms with Gasteiger partial charge in [-0.05, 0) is 56.0 Å². The van der Waals surface area contributed by atoms with Crippen molar-refractivity contribution in [1.82, 2.24) is 14.9 Å². The molecule has 0 unspecified atom stereocenters. The van der Waals surface area contributed by atoms with Crippen LogP contribution in [0.15, 0.2) is 42.7 Å². The van der Waals surface area contributed by atoms with Gasteiger partial charge in [0.25, 0.3) is 5.91 Å². The number of nitriles is 1. The summed E-state index contributed by atoms with van der Waals surface area (Å²) in [7, 11) is 1.87. The zero-order valence-corrected chi connectivity index (χ0v) is 17.4. The molecule has 0 spiro atoms. The van der Waals surface area contributed by atoms with Crippen LogP contribution >= 0.6 is 0 Å². The number of halogens is 3. The molecule has 2 N–H and O–H groups in total. The van der Waals surface area contributed by atoms with Crippen molar-refractivity contribution in [3.05, 3.63) is 59.4 Å². The number of aromatic nitrogens is 2. The van der Waals surface area contributed by atoms with Crippen LogP contribution in [0.5, 0.6) is 0 Å². The molecule has 0 atom stereocenters. The Balaban J connectivity index is 1.37. The predicted octanol–water partition coefficient (Wildman–Crippen LogP) is 4.62. The Kier molecular flexibility index (Phi) is 5.78. The van der Waals surface area contributed by atoms with Crippen LogP contribution in [-0.4, -0.2) is 27.5 Å². The fourth-order valence-electron chi connectivity index (χ4n) is 4.21. The van der Waals surface area contributed by atoms with Crippen molar-refractivity contribution in [3.63, 3.8) is 0 Å². The fourth-order valence-corrected chi connectivity index (χ4v) is 4.21. The van der Waals surface area contributed by atoms with E-state index in [-0.39, 0.29) is 18.0 Å². The minimum atomic E-state index is -4.58. The van der Waals surface area contributed by atoms with Gasteiger partial charge < -0.3 is 15.2 Å². The SMILES string of the molecule is Cn1ccc2c(C(=O)N[C@H]3CC[C@@H](Nc4ccc(C#N)c(C(F)(F)F)c4)CC3)ccnc21. The van der Waals surface area contributed by atoms with Gasteiger partial charge in [0.15, 0.2) is 0 Å². The van der Waals surface area contributed by atoms with E-state index in [1.165, 1.54) is 12.1 Å². The van der Waals surface area contributed by atoms with Crippen molar-refractivity contribution >= 4 is 22.6 Å². The Morgan fingerprint density at radius 1 is 1.16 bits per heavy atom. The van der Waals surface area contributed by atoms with Gasteiger partial charge in [0.1, 0.15) is 5.65 Å². The molecular formula is C23H22F3N5O. The number of rotatable bonds is 4. The van der Waals surface area contributed by atoms with Gasteiger partial charge in [-0.1, -0.05) is 0 Å². The number of pyridine rings is 1. The highest BCUT2D eigenvalue weighted by Crippen LogP contribution is 2.34. The number of anilines is 1. The number of amides is 1. The van der Waals surface area contributed by atoms with E-state index in [2.05, 4.69) is 15.6 Å². The van der Waals surface area contributed by atoms with E-state index >= 15 is 0 Å². The summed E-state index contributed by atoms with van der Waals surface area (Å²) >= 11 is 0. The zero-order valence-electron chi connectivity index (χ0n) is 17.4. The van der Waals surface area contributed by atoms with Gasteiger partial charge in [0, 0.05) is 42.6 Å². The minimum Gasteiger partial charge on any atom is -0.382 e. The van der Waals surface area contributed by atoms with Gasteiger partial charge in [-0.15, -0.1) is 0 Å². The van der Waals surface area contributed by atoms with Crippen molar-refractivity contribution in [2.45, 2.75) is 43.9 Å². The zero-order chi connectivity index (χ0) is 22.9. The summed E-state index contributed by atoms with van der Waals surface area (Å²) in [6.45, 7) is 0. The molecule has 0 radical (unpaired) electrons. The van der Waals surface area contributed by atoms with Gasteiger partial charge in [-0.25, -0.2) is 4.98 Å². The Labute approximate surface area is 183 Å². The van der Waals surface area contributed by atoms with Crippen molar-refractivity contribution < 1.29 is 18.0 Å². The lowest BCUT2D eigenvalue weighted by atomic mass is 9.90. The van der Waals surface area contributed by atoms with Crippen LogP contribution in [0.2, 0.25) is 0 Å². The van der Waals surface area contributed by atoms with E-state index in [0.717, 1.165) is 29.9 Å². The normalized spacial score (nSPS) is 18.8. The first kappa shape index (κ1) is 21.7. The maximum Gasteiger partial charge on any atom is 0.417 e. The highest BCUT2D eigenvalue weighted by molar-refractivity contribution is 6.05. The van der Waals surface area contributed by atoms with E-state index in [1.54, 1.807) is 18.3 Å². The topological polar surface area (TPSA) is 82.7 Å². The molecule has 1 saturated carbocycles. The van der Waals surface area contributed by atoms with Gasteiger partial charge in [0.2, 0.25) is 0 Å². The summed E-state index contributed by atoms with van der Waals surface area (Å²) in [6, 6.07) is 8.83. The van der Waals surface area contributed by atoms with Crippen molar-refractivity contribution in [2.75, 3.05) is 5.32 Å². The average molecular weight is 441 g/mol. The largest absolute Gasteiger partial charge is 0.417 e. The molecule has 0 bridgehead atoms. The lowest BCUT2D eigenvalue weighted by molar-refractivity contribution is -0.137. The van der Waals surface area contributed by atoms with Crippen molar-refractivity contribution in [1.29, 1.82) is 5.26 Å². The number of alkyl halides is 3. The second kappa shape index (κ2) is 8.54. The van der Waals surface area contributed by atoms with Crippen LogP contribution in [0.25, 0.3) is 11.0 Å². The van der Waals surface area contributed by atoms with Crippen LogP contribution in [0.1, 0.15) is 47.2 Å². The summed E-state index contributed by atoms with van der Waals surface area (Å²) in [5.41, 5.74) is 0.333. The molecule has 1 amide bonds. The molecule has 3 aromatic rings. The van der Waals surface area contributed by atoms with Crippen LogP contribution in [-0.2, 0) is 13.2 Å². The monoisotopic (exact) mass is 441 g/mol. The highest BCUT2D eigenvalue weighted by Gasteiger charge is 2.34. The maximum absolute atomic E-state index is 13.2. The quantitative estimate of drug-likeness (QED) is 0.619. The van der Waals surface area contributed by atoms with E-state index in [9.17, 15) is 18.0 Å². The number of fused-ring (bicyclic) bond motifs is 1.